The average Bonchev–Trinajstić information content (AvgIpc) is 3.28. The van der Waals surface area contributed by atoms with Crippen molar-refractivity contribution in [1.29, 1.82) is 0 Å². The van der Waals surface area contributed by atoms with Gasteiger partial charge in [0.05, 0.1) is 12.7 Å². The van der Waals surface area contributed by atoms with Crippen molar-refractivity contribution < 1.29 is 13.6 Å². The normalized spacial score (nSPS) is 14.6. The third-order valence-electron chi connectivity index (χ3n) is 5.39. The van der Waals surface area contributed by atoms with Crippen molar-refractivity contribution in [2.45, 2.75) is 31.6 Å². The first-order valence-electron chi connectivity index (χ1n) is 9.48. The number of carbonyl (C=O) groups is 1. The van der Waals surface area contributed by atoms with Crippen LogP contribution >= 0.6 is 0 Å². The van der Waals surface area contributed by atoms with E-state index in [0.29, 0.717) is 11.6 Å². The second-order valence-electron chi connectivity index (χ2n) is 7.21. The summed E-state index contributed by atoms with van der Waals surface area (Å²) in [6.45, 7) is -0.700. The number of aromatic amines is 1. The topological polar surface area (TPSA) is 88.0 Å². The van der Waals surface area contributed by atoms with E-state index in [-0.39, 0.29) is 5.69 Å². The highest BCUT2D eigenvalue weighted by Gasteiger charge is 2.23. The summed E-state index contributed by atoms with van der Waals surface area (Å²) < 4.78 is 26.4. The molecule has 7 nitrogen and oxygen atoms in total. The van der Waals surface area contributed by atoms with E-state index < -0.39 is 18.9 Å². The van der Waals surface area contributed by atoms with Gasteiger partial charge in [-0.25, -0.2) is 23.7 Å². The summed E-state index contributed by atoms with van der Waals surface area (Å²) in [7, 11) is 0. The van der Waals surface area contributed by atoms with Crippen LogP contribution in [0.15, 0.2) is 36.9 Å². The molecule has 0 spiro atoms. The fourth-order valence-electron chi connectivity index (χ4n) is 3.59. The van der Waals surface area contributed by atoms with E-state index in [1.54, 1.807) is 16.7 Å². The van der Waals surface area contributed by atoms with Gasteiger partial charge in [0.25, 0.3) is 12.3 Å². The lowest BCUT2D eigenvalue weighted by Crippen LogP contribution is -2.29. The lowest BCUT2D eigenvalue weighted by atomic mass is 9.85. The second-order valence-corrected chi connectivity index (χ2v) is 7.21. The monoisotopic (exact) mass is 396 g/mol. The van der Waals surface area contributed by atoms with Crippen LogP contribution in [-0.2, 0) is 0 Å². The molecule has 1 aliphatic rings. The Hall–Kier alpha value is -3.36. The summed E-state index contributed by atoms with van der Waals surface area (Å²) in [6.07, 6.45) is 7.71. The Kier molecular flexibility index (Phi) is 4.22. The van der Waals surface area contributed by atoms with Crippen LogP contribution in [0.1, 0.15) is 41.5 Å². The predicted octanol–water partition coefficient (Wildman–Crippen LogP) is 3.54. The minimum atomic E-state index is -2.61. The number of amides is 1. The quantitative estimate of drug-likeness (QED) is 0.540. The van der Waals surface area contributed by atoms with Crippen LogP contribution in [0.2, 0.25) is 0 Å². The molecule has 1 saturated carbocycles. The summed E-state index contributed by atoms with van der Waals surface area (Å²) in [4.78, 5) is 28.8. The van der Waals surface area contributed by atoms with Crippen LogP contribution in [0.25, 0.3) is 27.8 Å². The molecule has 0 atom stereocenters. The number of halogens is 2. The van der Waals surface area contributed by atoms with Crippen molar-refractivity contribution in [3.63, 3.8) is 0 Å². The predicted molar refractivity (Wildman–Crippen MR) is 103 cm³/mol. The van der Waals surface area contributed by atoms with Crippen molar-refractivity contribution in [3.05, 3.63) is 48.4 Å². The molecule has 0 radical (unpaired) electrons. The van der Waals surface area contributed by atoms with Gasteiger partial charge < -0.3 is 10.3 Å². The Morgan fingerprint density at radius 2 is 2.14 bits per heavy atom. The van der Waals surface area contributed by atoms with Crippen LogP contribution in [0, 0.1) is 0 Å². The fourth-order valence-corrected chi connectivity index (χ4v) is 3.59. The zero-order chi connectivity index (χ0) is 20.0. The molecule has 0 saturated heterocycles. The van der Waals surface area contributed by atoms with E-state index in [1.807, 2.05) is 18.5 Å². The SMILES string of the molecule is O=C(NCC(F)F)c1cnc2ccc(-c3c[nH]c4nc(C5CCC5)ncc34)cn12. The summed E-state index contributed by atoms with van der Waals surface area (Å²) in [5.41, 5.74) is 3.27. The highest BCUT2D eigenvalue weighted by atomic mass is 19.3. The number of hydrogen-bond donors (Lipinski definition) is 2. The molecular weight excluding hydrogens is 378 g/mol. The van der Waals surface area contributed by atoms with Crippen LogP contribution in [0.5, 0.6) is 0 Å². The summed E-state index contributed by atoms with van der Waals surface area (Å²) in [6, 6.07) is 3.67. The van der Waals surface area contributed by atoms with Gasteiger partial charge in [-0.1, -0.05) is 6.42 Å². The van der Waals surface area contributed by atoms with Gasteiger partial charge in [-0.15, -0.1) is 0 Å². The van der Waals surface area contributed by atoms with Crippen LogP contribution in [0.3, 0.4) is 0 Å². The zero-order valence-corrected chi connectivity index (χ0v) is 15.4. The van der Waals surface area contributed by atoms with E-state index in [0.717, 1.165) is 40.8 Å². The van der Waals surface area contributed by atoms with Crippen LogP contribution < -0.4 is 5.32 Å². The van der Waals surface area contributed by atoms with Gasteiger partial charge in [0.2, 0.25) is 0 Å². The fraction of sp³-hybridized carbons (Fsp3) is 0.300. The number of H-pyrrole nitrogens is 1. The molecule has 0 bridgehead atoms. The number of aromatic nitrogens is 5. The number of carbonyl (C=O) groups excluding carboxylic acids is 1. The van der Waals surface area contributed by atoms with Crippen molar-refractivity contribution in [1.82, 2.24) is 29.7 Å². The average molecular weight is 396 g/mol. The highest BCUT2D eigenvalue weighted by Crippen LogP contribution is 2.35. The van der Waals surface area contributed by atoms with Gasteiger partial charge in [-0.05, 0) is 25.0 Å². The molecule has 1 aliphatic carbocycles. The molecule has 4 aromatic heterocycles. The molecule has 0 aliphatic heterocycles. The number of imidazole rings is 1. The Bertz CT molecular complexity index is 1210. The molecular formula is C20H18F2N6O. The molecule has 2 N–H and O–H groups in total. The summed E-state index contributed by atoms with van der Waals surface area (Å²) in [5, 5.41) is 3.10. The van der Waals surface area contributed by atoms with Gasteiger partial charge in [0.1, 0.15) is 22.8 Å². The Balaban J connectivity index is 1.51. The number of rotatable bonds is 5. The van der Waals surface area contributed by atoms with Crippen molar-refractivity contribution in [3.8, 4) is 11.1 Å². The zero-order valence-electron chi connectivity index (χ0n) is 15.4. The van der Waals surface area contributed by atoms with Gasteiger partial charge in [0.15, 0.2) is 0 Å². The summed E-state index contributed by atoms with van der Waals surface area (Å²) >= 11 is 0. The lowest BCUT2D eigenvalue weighted by Gasteiger charge is -2.23. The molecule has 0 aromatic carbocycles. The van der Waals surface area contributed by atoms with Crippen LogP contribution in [0.4, 0.5) is 8.78 Å². The molecule has 4 heterocycles. The molecule has 0 unspecified atom stereocenters. The largest absolute Gasteiger partial charge is 0.345 e. The maximum Gasteiger partial charge on any atom is 0.270 e. The first-order chi connectivity index (χ1) is 14.1. The second kappa shape index (κ2) is 6.91. The molecule has 5 rings (SSSR count). The standard InChI is InChI=1S/C20H18F2N6O/c21-16(22)9-26-20(29)15-8-23-17-5-4-12(10-28(15)17)13-6-25-19-14(13)7-24-18(27-19)11-2-1-3-11/h4-8,10-11,16H,1-3,9H2,(H,26,29)(H,24,25,27). The maximum absolute atomic E-state index is 12.4. The van der Waals surface area contributed by atoms with Gasteiger partial charge in [0, 0.05) is 41.0 Å². The van der Waals surface area contributed by atoms with E-state index in [9.17, 15) is 13.6 Å². The third kappa shape index (κ3) is 3.12. The smallest absolute Gasteiger partial charge is 0.270 e. The third-order valence-corrected chi connectivity index (χ3v) is 5.39. The molecule has 9 heteroatoms. The maximum atomic E-state index is 12.4. The highest BCUT2D eigenvalue weighted by molar-refractivity contribution is 5.95. The molecule has 29 heavy (non-hydrogen) atoms. The number of fused-ring (bicyclic) bond motifs is 2. The van der Waals surface area contributed by atoms with Gasteiger partial charge >= 0.3 is 0 Å². The summed E-state index contributed by atoms with van der Waals surface area (Å²) in [5.74, 6) is 0.727. The number of alkyl halides is 2. The molecule has 1 amide bonds. The van der Waals surface area contributed by atoms with E-state index in [4.69, 9.17) is 0 Å². The minimum absolute atomic E-state index is 0.200. The molecule has 1 fully saturated rings. The number of hydrogen-bond acceptors (Lipinski definition) is 4. The van der Waals surface area contributed by atoms with Crippen LogP contribution in [-0.4, -0.2) is 43.2 Å². The lowest BCUT2D eigenvalue weighted by molar-refractivity contribution is 0.0886. The van der Waals surface area contributed by atoms with Gasteiger partial charge in [-0.2, -0.15) is 0 Å². The minimum Gasteiger partial charge on any atom is -0.345 e. The van der Waals surface area contributed by atoms with Crippen molar-refractivity contribution >= 4 is 22.6 Å². The first kappa shape index (κ1) is 17.7. The van der Waals surface area contributed by atoms with E-state index in [1.165, 1.54) is 12.6 Å². The first-order valence-corrected chi connectivity index (χ1v) is 9.48. The number of nitrogens with one attached hydrogen (secondary N) is 2. The van der Waals surface area contributed by atoms with E-state index in [2.05, 4.69) is 25.3 Å². The molecule has 4 aromatic rings. The number of pyridine rings is 1. The Morgan fingerprint density at radius 1 is 1.28 bits per heavy atom. The molecule has 148 valence electrons. The number of nitrogens with zero attached hydrogens (tertiary/aromatic N) is 4. The Labute approximate surface area is 164 Å². The van der Waals surface area contributed by atoms with Crippen molar-refractivity contribution in [2.24, 2.45) is 0 Å². The van der Waals surface area contributed by atoms with Gasteiger partial charge in [-0.3, -0.25) is 9.20 Å². The van der Waals surface area contributed by atoms with E-state index >= 15 is 0 Å². The Morgan fingerprint density at radius 3 is 2.90 bits per heavy atom. The van der Waals surface area contributed by atoms with Crippen molar-refractivity contribution in [2.75, 3.05) is 6.54 Å².